The van der Waals surface area contributed by atoms with Gasteiger partial charge in [0.1, 0.15) is 0 Å². The number of carbonyl (C=O) groups excluding carboxylic acids is 1. The Bertz CT molecular complexity index is 882. The summed E-state index contributed by atoms with van der Waals surface area (Å²) in [4.78, 5) is 14.8. The molecule has 3 rings (SSSR count). The van der Waals surface area contributed by atoms with Gasteiger partial charge in [-0.15, -0.1) is 0 Å². The monoisotopic (exact) mass is 402 g/mol. The maximum Gasteiger partial charge on any atom is 0.269 e. The zero-order chi connectivity index (χ0) is 21.0. The zero-order valence-corrected chi connectivity index (χ0v) is 17.3. The lowest BCUT2D eigenvalue weighted by atomic mass is 10.1. The Morgan fingerprint density at radius 3 is 2.00 bits per heavy atom. The third-order valence-corrected chi connectivity index (χ3v) is 4.89. The number of amides is 1. The summed E-state index contributed by atoms with van der Waals surface area (Å²) in [7, 11) is 0. The summed E-state index contributed by atoms with van der Waals surface area (Å²) in [6.45, 7) is 3.45. The van der Waals surface area contributed by atoms with Gasteiger partial charge in [0.2, 0.25) is 0 Å². The van der Waals surface area contributed by atoms with E-state index in [0.717, 1.165) is 44.7 Å². The minimum absolute atomic E-state index is 0.158. The molecule has 0 heterocycles. The van der Waals surface area contributed by atoms with Gasteiger partial charge in [-0.3, -0.25) is 20.5 Å². The molecule has 30 heavy (non-hydrogen) atoms. The van der Waals surface area contributed by atoms with Crippen molar-refractivity contribution in [3.05, 3.63) is 102 Å². The molecule has 5 nitrogen and oxygen atoms in total. The first kappa shape index (κ1) is 21.6. The zero-order valence-electron chi connectivity index (χ0n) is 17.3. The molecule has 156 valence electrons. The molecule has 0 atom stereocenters. The summed E-state index contributed by atoms with van der Waals surface area (Å²) in [5, 5.41) is 0. The number of unbranched alkanes of at least 4 members (excludes halogenated alkanes) is 1. The third-order valence-electron chi connectivity index (χ3n) is 4.89. The molecular weight excluding hydrogens is 372 g/mol. The molecule has 4 N–H and O–H groups in total. The van der Waals surface area contributed by atoms with E-state index in [0.29, 0.717) is 5.56 Å². The first-order chi connectivity index (χ1) is 14.7. The number of benzene rings is 3. The fourth-order valence-corrected chi connectivity index (χ4v) is 3.28. The van der Waals surface area contributed by atoms with Crippen LogP contribution in [0, 0.1) is 0 Å². The highest BCUT2D eigenvalue weighted by Gasteiger charge is 2.09. The van der Waals surface area contributed by atoms with Crippen molar-refractivity contribution in [1.82, 2.24) is 10.3 Å². The number of nitrogens with two attached hydrogens (primary N) is 1. The van der Waals surface area contributed by atoms with Gasteiger partial charge in [0.25, 0.3) is 5.91 Å². The lowest BCUT2D eigenvalue weighted by molar-refractivity contribution is 0.0962. The second-order valence-electron chi connectivity index (χ2n) is 7.33. The lowest BCUT2D eigenvalue weighted by Gasteiger charge is -2.22. The van der Waals surface area contributed by atoms with E-state index in [4.69, 9.17) is 5.73 Å². The summed E-state index contributed by atoms with van der Waals surface area (Å²) in [5.74, 6) is -0.158. The van der Waals surface area contributed by atoms with Gasteiger partial charge < -0.3 is 5.73 Å². The van der Waals surface area contributed by atoms with E-state index in [1.54, 1.807) is 0 Å². The molecule has 0 spiro atoms. The van der Waals surface area contributed by atoms with Gasteiger partial charge in [-0.25, -0.2) is 0 Å². The molecule has 5 heteroatoms. The summed E-state index contributed by atoms with van der Waals surface area (Å²) >= 11 is 0. The van der Waals surface area contributed by atoms with E-state index in [9.17, 15) is 4.79 Å². The van der Waals surface area contributed by atoms with Crippen LogP contribution in [-0.4, -0.2) is 23.9 Å². The van der Waals surface area contributed by atoms with Crippen LogP contribution in [0.15, 0.2) is 84.9 Å². The maximum absolute atomic E-state index is 12.4. The van der Waals surface area contributed by atoms with Crippen LogP contribution in [0.5, 0.6) is 0 Å². The highest BCUT2D eigenvalue weighted by Crippen LogP contribution is 2.13. The van der Waals surface area contributed by atoms with E-state index < -0.39 is 0 Å². The quantitative estimate of drug-likeness (QED) is 0.332. The number of anilines is 1. The summed E-state index contributed by atoms with van der Waals surface area (Å²) < 4.78 is 0. The van der Waals surface area contributed by atoms with Gasteiger partial charge in [0.15, 0.2) is 0 Å². The van der Waals surface area contributed by atoms with Crippen LogP contribution in [0.2, 0.25) is 0 Å². The fraction of sp³-hybridized carbons (Fsp3) is 0.240. The fourth-order valence-electron chi connectivity index (χ4n) is 3.28. The average Bonchev–Trinajstić information content (AvgIpc) is 2.79. The molecule has 1 amide bonds. The molecule has 0 aliphatic carbocycles. The van der Waals surface area contributed by atoms with Gasteiger partial charge in [0.05, 0.1) is 5.69 Å². The smallest absolute Gasteiger partial charge is 0.269 e. The molecule has 3 aromatic carbocycles. The van der Waals surface area contributed by atoms with Gasteiger partial charge in [-0.1, -0.05) is 60.7 Å². The largest absolute Gasteiger partial charge is 0.330 e. The second kappa shape index (κ2) is 11.8. The van der Waals surface area contributed by atoms with Crippen molar-refractivity contribution in [3.63, 3.8) is 0 Å². The number of hydrazine groups is 1. The Morgan fingerprint density at radius 1 is 0.767 bits per heavy atom. The Morgan fingerprint density at radius 2 is 1.37 bits per heavy atom. The molecule has 0 unspecified atom stereocenters. The van der Waals surface area contributed by atoms with E-state index >= 15 is 0 Å². The van der Waals surface area contributed by atoms with Crippen molar-refractivity contribution >= 4 is 11.6 Å². The number of para-hydroxylation sites is 1. The maximum atomic E-state index is 12.4. The molecule has 0 saturated heterocycles. The van der Waals surface area contributed by atoms with Crippen molar-refractivity contribution in [3.8, 4) is 0 Å². The number of hydrogen-bond acceptors (Lipinski definition) is 4. The lowest BCUT2D eigenvalue weighted by Crippen LogP contribution is -2.29. The van der Waals surface area contributed by atoms with E-state index in [1.165, 1.54) is 11.1 Å². The average molecular weight is 403 g/mol. The molecule has 0 aliphatic rings. The van der Waals surface area contributed by atoms with Crippen molar-refractivity contribution in [2.45, 2.75) is 25.9 Å². The number of nitrogens with one attached hydrogen (secondary N) is 2. The van der Waals surface area contributed by atoms with Gasteiger partial charge >= 0.3 is 0 Å². The Labute approximate surface area is 178 Å². The minimum atomic E-state index is -0.158. The SMILES string of the molecule is NCCCCN(Cc1ccccc1)Cc1ccc(C(=O)NNc2ccccc2)cc1. The van der Waals surface area contributed by atoms with Crippen LogP contribution in [0.25, 0.3) is 0 Å². The van der Waals surface area contributed by atoms with Crippen LogP contribution < -0.4 is 16.6 Å². The van der Waals surface area contributed by atoms with Crippen LogP contribution in [0.3, 0.4) is 0 Å². The van der Waals surface area contributed by atoms with Crippen molar-refractivity contribution in [2.75, 3.05) is 18.5 Å². The molecule has 0 radical (unpaired) electrons. The Kier molecular flexibility index (Phi) is 8.45. The van der Waals surface area contributed by atoms with Crippen LogP contribution >= 0.6 is 0 Å². The topological polar surface area (TPSA) is 70.4 Å². The van der Waals surface area contributed by atoms with Gasteiger partial charge in [-0.2, -0.15) is 0 Å². The Hall–Kier alpha value is -3.15. The van der Waals surface area contributed by atoms with Crippen LogP contribution in [-0.2, 0) is 13.1 Å². The second-order valence-corrected chi connectivity index (χ2v) is 7.33. The molecule has 0 aliphatic heterocycles. The Balaban J connectivity index is 1.57. The summed E-state index contributed by atoms with van der Waals surface area (Å²) in [5.41, 5.74) is 15.3. The summed E-state index contributed by atoms with van der Waals surface area (Å²) in [6, 6.07) is 27.9. The van der Waals surface area contributed by atoms with Gasteiger partial charge in [0, 0.05) is 18.7 Å². The first-order valence-electron chi connectivity index (χ1n) is 10.4. The van der Waals surface area contributed by atoms with Gasteiger partial charge in [-0.05, 0) is 61.3 Å². The van der Waals surface area contributed by atoms with E-state index in [-0.39, 0.29) is 5.91 Å². The molecule has 3 aromatic rings. The number of carbonyl (C=O) groups is 1. The molecule has 0 aromatic heterocycles. The molecule has 0 bridgehead atoms. The molecule has 0 saturated carbocycles. The summed E-state index contributed by atoms with van der Waals surface area (Å²) in [6.07, 6.45) is 2.10. The van der Waals surface area contributed by atoms with Crippen molar-refractivity contribution in [1.29, 1.82) is 0 Å². The predicted octanol–water partition coefficient (Wildman–Crippen LogP) is 4.18. The standard InChI is InChI=1S/C25H30N4O/c26-17-7-8-18-29(19-21-9-3-1-4-10-21)20-22-13-15-23(16-14-22)25(30)28-27-24-11-5-2-6-12-24/h1-6,9-16,27H,7-8,17-20,26H2,(H,28,30). The van der Waals surface area contributed by atoms with Crippen LogP contribution in [0.4, 0.5) is 5.69 Å². The number of hydrogen-bond donors (Lipinski definition) is 3. The van der Waals surface area contributed by atoms with Crippen LogP contribution in [0.1, 0.15) is 34.3 Å². The van der Waals surface area contributed by atoms with E-state index in [2.05, 4.69) is 40.0 Å². The number of nitrogens with zero attached hydrogens (tertiary/aromatic N) is 1. The highest BCUT2D eigenvalue weighted by atomic mass is 16.2. The van der Waals surface area contributed by atoms with Crippen molar-refractivity contribution in [2.24, 2.45) is 5.73 Å². The minimum Gasteiger partial charge on any atom is -0.330 e. The molecule has 0 fully saturated rings. The predicted molar refractivity (Wildman–Crippen MR) is 123 cm³/mol. The molecular formula is C25H30N4O. The normalized spacial score (nSPS) is 10.7. The number of rotatable bonds is 11. The first-order valence-corrected chi connectivity index (χ1v) is 10.4. The van der Waals surface area contributed by atoms with E-state index in [1.807, 2.05) is 60.7 Å². The highest BCUT2D eigenvalue weighted by molar-refractivity contribution is 5.94. The van der Waals surface area contributed by atoms with Crippen molar-refractivity contribution < 1.29 is 4.79 Å². The third kappa shape index (κ3) is 7.03.